The normalized spacial score (nSPS) is 14.1. The zero-order chi connectivity index (χ0) is 22.0. The fourth-order valence-corrected chi connectivity index (χ4v) is 3.75. The van der Waals surface area contributed by atoms with E-state index in [9.17, 15) is 18.0 Å². The van der Waals surface area contributed by atoms with Gasteiger partial charge in [-0.15, -0.1) is 0 Å². The van der Waals surface area contributed by atoms with Crippen LogP contribution in [0.5, 0.6) is 0 Å². The fraction of sp³-hybridized carbons (Fsp3) is 0.261. The SMILES string of the molecule is N#Cc1cccc(CN2CCc3ncn(Cc4ccc(C(F)(F)F)cc4)c(=O)c3C2)c1. The van der Waals surface area contributed by atoms with E-state index in [4.69, 9.17) is 5.26 Å². The monoisotopic (exact) mass is 424 g/mol. The van der Waals surface area contributed by atoms with Gasteiger partial charge in [0.15, 0.2) is 0 Å². The summed E-state index contributed by atoms with van der Waals surface area (Å²) in [4.78, 5) is 19.6. The van der Waals surface area contributed by atoms with Crippen LogP contribution in [0.15, 0.2) is 59.7 Å². The number of benzene rings is 2. The molecule has 0 aliphatic carbocycles. The second-order valence-electron chi connectivity index (χ2n) is 7.57. The van der Waals surface area contributed by atoms with Crippen LogP contribution in [-0.2, 0) is 32.2 Å². The molecular formula is C23H19F3N4O. The van der Waals surface area contributed by atoms with Crippen LogP contribution in [-0.4, -0.2) is 21.0 Å². The number of aromatic nitrogens is 2. The van der Waals surface area contributed by atoms with Crippen LogP contribution in [0.25, 0.3) is 0 Å². The summed E-state index contributed by atoms with van der Waals surface area (Å²) in [6.45, 7) is 1.95. The van der Waals surface area contributed by atoms with Gasteiger partial charge in [-0.05, 0) is 35.4 Å². The first-order chi connectivity index (χ1) is 14.8. The van der Waals surface area contributed by atoms with Crippen molar-refractivity contribution in [2.45, 2.75) is 32.2 Å². The van der Waals surface area contributed by atoms with Gasteiger partial charge in [0.25, 0.3) is 5.56 Å². The molecular weight excluding hydrogens is 405 g/mol. The zero-order valence-corrected chi connectivity index (χ0v) is 16.6. The molecule has 0 atom stereocenters. The molecule has 3 aromatic rings. The Morgan fingerprint density at radius 3 is 2.55 bits per heavy atom. The lowest BCUT2D eigenvalue weighted by atomic mass is 10.1. The van der Waals surface area contributed by atoms with E-state index in [1.165, 1.54) is 23.0 Å². The Bertz CT molecular complexity index is 1190. The molecule has 0 saturated heterocycles. The molecule has 158 valence electrons. The predicted octanol–water partition coefficient (Wildman–Crippen LogP) is 3.74. The molecule has 0 radical (unpaired) electrons. The summed E-state index contributed by atoms with van der Waals surface area (Å²) in [5, 5.41) is 9.07. The van der Waals surface area contributed by atoms with Gasteiger partial charge in [-0.25, -0.2) is 4.98 Å². The average Bonchev–Trinajstić information content (AvgIpc) is 2.76. The number of halogens is 3. The summed E-state index contributed by atoms with van der Waals surface area (Å²) < 4.78 is 39.7. The number of fused-ring (bicyclic) bond motifs is 1. The Labute approximate surface area is 177 Å². The molecule has 0 N–H and O–H groups in total. The third kappa shape index (κ3) is 4.67. The van der Waals surface area contributed by atoms with Crippen LogP contribution in [0.2, 0.25) is 0 Å². The number of hydrogen-bond acceptors (Lipinski definition) is 4. The van der Waals surface area contributed by atoms with Crippen molar-refractivity contribution in [1.29, 1.82) is 5.26 Å². The van der Waals surface area contributed by atoms with Crippen LogP contribution in [0.4, 0.5) is 13.2 Å². The summed E-state index contributed by atoms with van der Waals surface area (Å²) in [7, 11) is 0. The highest BCUT2D eigenvalue weighted by Gasteiger charge is 2.30. The highest BCUT2D eigenvalue weighted by molar-refractivity contribution is 5.33. The molecule has 1 aliphatic heterocycles. The lowest BCUT2D eigenvalue weighted by Crippen LogP contribution is -2.37. The van der Waals surface area contributed by atoms with Crippen molar-refractivity contribution in [3.8, 4) is 6.07 Å². The first kappa shape index (κ1) is 20.8. The minimum Gasteiger partial charge on any atom is -0.294 e. The molecule has 0 bridgehead atoms. The van der Waals surface area contributed by atoms with Crippen molar-refractivity contribution in [3.05, 3.63) is 98.7 Å². The maximum Gasteiger partial charge on any atom is 0.416 e. The second kappa shape index (κ2) is 8.36. The Morgan fingerprint density at radius 2 is 1.84 bits per heavy atom. The Kier molecular flexibility index (Phi) is 5.61. The van der Waals surface area contributed by atoms with Crippen LogP contribution < -0.4 is 5.56 Å². The quantitative estimate of drug-likeness (QED) is 0.640. The lowest BCUT2D eigenvalue weighted by molar-refractivity contribution is -0.137. The standard InChI is InChI=1S/C23H19F3N4O/c24-23(25,26)19-6-4-16(5-7-19)13-30-15-28-21-8-9-29(14-20(21)22(30)31)12-18-3-1-2-17(10-18)11-27/h1-7,10,15H,8-9,12-14H2. The minimum atomic E-state index is -4.39. The summed E-state index contributed by atoms with van der Waals surface area (Å²) in [6.07, 6.45) is -2.28. The zero-order valence-electron chi connectivity index (χ0n) is 16.6. The number of nitriles is 1. The molecule has 31 heavy (non-hydrogen) atoms. The maximum atomic E-state index is 13.0. The molecule has 5 nitrogen and oxygen atoms in total. The molecule has 1 aliphatic rings. The first-order valence-corrected chi connectivity index (χ1v) is 9.78. The summed E-state index contributed by atoms with van der Waals surface area (Å²) in [5.41, 5.74) is 2.65. The van der Waals surface area contributed by atoms with Crippen molar-refractivity contribution in [2.75, 3.05) is 6.54 Å². The first-order valence-electron chi connectivity index (χ1n) is 9.78. The molecule has 4 rings (SSSR count). The average molecular weight is 424 g/mol. The third-order valence-electron chi connectivity index (χ3n) is 5.36. The van der Waals surface area contributed by atoms with Gasteiger partial charge in [0.05, 0.1) is 41.3 Å². The van der Waals surface area contributed by atoms with E-state index in [1.54, 1.807) is 6.07 Å². The third-order valence-corrected chi connectivity index (χ3v) is 5.36. The summed E-state index contributed by atoms with van der Waals surface area (Å²) >= 11 is 0. The van der Waals surface area contributed by atoms with Crippen LogP contribution in [0.1, 0.15) is 33.5 Å². The minimum absolute atomic E-state index is 0.154. The van der Waals surface area contributed by atoms with E-state index in [1.807, 2.05) is 18.2 Å². The van der Waals surface area contributed by atoms with Gasteiger partial charge in [-0.3, -0.25) is 14.3 Å². The largest absolute Gasteiger partial charge is 0.416 e. The molecule has 0 spiro atoms. The van der Waals surface area contributed by atoms with Gasteiger partial charge in [0.2, 0.25) is 0 Å². The molecule has 2 aromatic carbocycles. The molecule has 0 unspecified atom stereocenters. The van der Waals surface area contributed by atoms with Gasteiger partial charge >= 0.3 is 6.18 Å². The predicted molar refractivity (Wildman–Crippen MR) is 108 cm³/mol. The van der Waals surface area contributed by atoms with Gasteiger partial charge in [0.1, 0.15) is 0 Å². The number of hydrogen-bond donors (Lipinski definition) is 0. The highest BCUT2D eigenvalue weighted by atomic mass is 19.4. The number of nitrogens with zero attached hydrogens (tertiary/aromatic N) is 4. The summed E-state index contributed by atoms with van der Waals surface area (Å²) in [5.74, 6) is 0. The molecule has 0 amide bonds. The van der Waals surface area contributed by atoms with Crippen LogP contribution in [0.3, 0.4) is 0 Å². The van der Waals surface area contributed by atoms with E-state index < -0.39 is 11.7 Å². The van der Waals surface area contributed by atoms with Crippen molar-refractivity contribution >= 4 is 0 Å². The van der Waals surface area contributed by atoms with Gasteiger partial charge < -0.3 is 0 Å². The van der Waals surface area contributed by atoms with Crippen molar-refractivity contribution in [2.24, 2.45) is 0 Å². The fourth-order valence-electron chi connectivity index (χ4n) is 3.75. The highest BCUT2D eigenvalue weighted by Crippen LogP contribution is 2.29. The van der Waals surface area contributed by atoms with Crippen LogP contribution in [0, 0.1) is 11.3 Å². The van der Waals surface area contributed by atoms with Crippen molar-refractivity contribution in [3.63, 3.8) is 0 Å². The van der Waals surface area contributed by atoms with Gasteiger partial charge in [0, 0.05) is 26.1 Å². The Morgan fingerprint density at radius 1 is 1.06 bits per heavy atom. The molecule has 8 heteroatoms. The number of rotatable bonds is 4. The van der Waals surface area contributed by atoms with Gasteiger partial charge in [-0.1, -0.05) is 24.3 Å². The van der Waals surface area contributed by atoms with Gasteiger partial charge in [-0.2, -0.15) is 18.4 Å². The lowest BCUT2D eigenvalue weighted by Gasteiger charge is -2.28. The topological polar surface area (TPSA) is 61.9 Å². The van der Waals surface area contributed by atoms with E-state index in [-0.39, 0.29) is 12.1 Å². The molecule has 1 aromatic heterocycles. The smallest absolute Gasteiger partial charge is 0.294 e. The van der Waals surface area contributed by atoms with E-state index in [2.05, 4.69) is 16.0 Å². The summed E-state index contributed by atoms with van der Waals surface area (Å²) in [6, 6.07) is 14.3. The maximum absolute atomic E-state index is 13.0. The van der Waals surface area contributed by atoms with E-state index in [0.29, 0.717) is 36.2 Å². The molecule has 0 saturated carbocycles. The van der Waals surface area contributed by atoms with Crippen LogP contribution >= 0.6 is 0 Å². The van der Waals surface area contributed by atoms with Crippen molar-refractivity contribution < 1.29 is 13.2 Å². The number of alkyl halides is 3. The molecule has 2 heterocycles. The van der Waals surface area contributed by atoms with Crippen molar-refractivity contribution in [1.82, 2.24) is 14.5 Å². The molecule has 0 fully saturated rings. The van der Waals surface area contributed by atoms with E-state index >= 15 is 0 Å². The second-order valence-corrected chi connectivity index (χ2v) is 7.57. The van der Waals surface area contributed by atoms with E-state index in [0.717, 1.165) is 29.9 Å². The Hall–Kier alpha value is -3.44. The Balaban J connectivity index is 1.52.